The number of hydrogen-bond donors (Lipinski definition) is 2. The summed E-state index contributed by atoms with van der Waals surface area (Å²) in [6.07, 6.45) is 6.38. The predicted molar refractivity (Wildman–Crippen MR) is 119 cm³/mol. The van der Waals surface area contributed by atoms with E-state index >= 15 is 0 Å². The van der Waals surface area contributed by atoms with Crippen molar-refractivity contribution in [3.8, 4) is 0 Å². The maximum Gasteiger partial charge on any atom is 0.243 e. The van der Waals surface area contributed by atoms with Crippen molar-refractivity contribution in [1.29, 1.82) is 0 Å². The molecule has 5 nitrogen and oxygen atoms in total. The van der Waals surface area contributed by atoms with Gasteiger partial charge in [0, 0.05) is 17.5 Å². The lowest BCUT2D eigenvalue weighted by molar-refractivity contribution is -0.122. The largest absolute Gasteiger partial charge is 0.326 e. The number of carbonyl (C=O) groups is 2. The van der Waals surface area contributed by atoms with E-state index in [2.05, 4.69) is 28.0 Å². The molecule has 0 aromatic heterocycles. The maximum atomic E-state index is 12.4. The van der Waals surface area contributed by atoms with E-state index in [0.717, 1.165) is 49.1 Å². The first-order valence-electron chi connectivity index (χ1n) is 10.9. The molecule has 2 aromatic rings. The Hall–Kier alpha value is -2.95. The van der Waals surface area contributed by atoms with Gasteiger partial charge in [-0.2, -0.15) is 5.10 Å². The van der Waals surface area contributed by atoms with Crippen LogP contribution in [0.15, 0.2) is 59.7 Å². The number of nitrogens with one attached hydrogen (secondary N) is 2. The van der Waals surface area contributed by atoms with E-state index < -0.39 is 0 Å². The van der Waals surface area contributed by atoms with Gasteiger partial charge in [0.25, 0.3) is 0 Å². The van der Waals surface area contributed by atoms with Crippen LogP contribution in [0.4, 0.5) is 5.69 Å². The summed E-state index contributed by atoms with van der Waals surface area (Å²) in [4.78, 5) is 24.8. The summed E-state index contributed by atoms with van der Waals surface area (Å²) < 4.78 is 0. The summed E-state index contributed by atoms with van der Waals surface area (Å²) in [6.45, 7) is 1.87. The van der Waals surface area contributed by atoms with Gasteiger partial charge in [-0.3, -0.25) is 9.59 Å². The van der Waals surface area contributed by atoms with Crippen molar-refractivity contribution in [3.63, 3.8) is 0 Å². The quantitative estimate of drug-likeness (QED) is 0.535. The van der Waals surface area contributed by atoms with Crippen LogP contribution in [0, 0.1) is 11.8 Å². The fraction of sp³-hybridized carbons (Fsp3) is 0.400. The van der Waals surface area contributed by atoms with Crippen molar-refractivity contribution in [2.75, 3.05) is 5.32 Å². The van der Waals surface area contributed by atoms with E-state index in [9.17, 15) is 9.59 Å². The topological polar surface area (TPSA) is 70.6 Å². The average Bonchev–Trinajstić information content (AvgIpc) is 3.60. The first-order valence-corrected chi connectivity index (χ1v) is 10.9. The summed E-state index contributed by atoms with van der Waals surface area (Å²) in [7, 11) is 0. The van der Waals surface area contributed by atoms with Crippen LogP contribution in [-0.2, 0) is 9.59 Å². The minimum absolute atomic E-state index is 0.00123. The van der Waals surface area contributed by atoms with Crippen LogP contribution >= 0.6 is 0 Å². The number of amides is 2. The number of anilines is 1. The van der Waals surface area contributed by atoms with Crippen molar-refractivity contribution in [2.45, 2.75) is 51.4 Å². The van der Waals surface area contributed by atoms with E-state index in [1.807, 2.05) is 49.4 Å². The highest BCUT2D eigenvalue weighted by Crippen LogP contribution is 2.47. The van der Waals surface area contributed by atoms with Gasteiger partial charge in [0.1, 0.15) is 0 Å². The van der Waals surface area contributed by atoms with Crippen molar-refractivity contribution >= 4 is 23.2 Å². The molecule has 2 atom stereocenters. The molecule has 2 aliphatic carbocycles. The summed E-state index contributed by atoms with van der Waals surface area (Å²) in [5.41, 5.74) is 6.38. The summed E-state index contributed by atoms with van der Waals surface area (Å²) >= 11 is 0. The monoisotopic (exact) mass is 403 g/mol. The van der Waals surface area contributed by atoms with E-state index in [0.29, 0.717) is 5.92 Å². The number of rotatable bonds is 6. The highest BCUT2D eigenvalue weighted by Gasteiger charge is 2.43. The van der Waals surface area contributed by atoms with Gasteiger partial charge in [-0.15, -0.1) is 0 Å². The molecular weight excluding hydrogens is 374 g/mol. The van der Waals surface area contributed by atoms with Gasteiger partial charge in [0.15, 0.2) is 0 Å². The van der Waals surface area contributed by atoms with E-state index in [1.54, 1.807) is 0 Å². The lowest BCUT2D eigenvalue weighted by Crippen LogP contribution is -2.24. The van der Waals surface area contributed by atoms with E-state index in [1.165, 1.54) is 12.0 Å². The molecule has 2 aliphatic rings. The van der Waals surface area contributed by atoms with Crippen LogP contribution in [0.2, 0.25) is 0 Å². The van der Waals surface area contributed by atoms with Crippen LogP contribution in [0.3, 0.4) is 0 Å². The molecule has 0 spiro atoms. The number of nitrogens with zero attached hydrogens (tertiary/aromatic N) is 1. The molecular formula is C25H29N3O2. The third-order valence-corrected chi connectivity index (χ3v) is 6.23. The molecule has 156 valence electrons. The first-order chi connectivity index (χ1) is 14.6. The normalized spacial score (nSPS) is 21.7. The van der Waals surface area contributed by atoms with Gasteiger partial charge in [0.05, 0.1) is 5.71 Å². The first kappa shape index (κ1) is 20.3. The highest BCUT2D eigenvalue weighted by molar-refractivity contribution is 6.00. The number of hydrogen-bond acceptors (Lipinski definition) is 3. The Labute approximate surface area is 178 Å². The van der Waals surface area contributed by atoms with Crippen LogP contribution < -0.4 is 10.7 Å². The molecule has 0 bridgehead atoms. The van der Waals surface area contributed by atoms with Gasteiger partial charge >= 0.3 is 0 Å². The molecule has 2 N–H and O–H groups in total. The van der Waals surface area contributed by atoms with Gasteiger partial charge < -0.3 is 5.32 Å². The predicted octanol–water partition coefficient (Wildman–Crippen LogP) is 4.85. The second-order valence-electron chi connectivity index (χ2n) is 8.43. The maximum absolute atomic E-state index is 12.4. The molecule has 2 amide bonds. The summed E-state index contributed by atoms with van der Waals surface area (Å²) in [6, 6.07) is 17.8. The molecule has 2 unspecified atom stereocenters. The Morgan fingerprint density at radius 1 is 0.900 bits per heavy atom. The Bertz CT molecular complexity index is 915. The molecule has 4 rings (SSSR count). The fourth-order valence-electron chi connectivity index (χ4n) is 4.24. The number of hydrazone groups is 1. The molecule has 0 heterocycles. The zero-order valence-electron chi connectivity index (χ0n) is 17.4. The van der Waals surface area contributed by atoms with Crippen molar-refractivity contribution in [2.24, 2.45) is 16.9 Å². The van der Waals surface area contributed by atoms with Gasteiger partial charge in [0.2, 0.25) is 11.8 Å². The minimum Gasteiger partial charge on any atom is -0.326 e. The van der Waals surface area contributed by atoms with Crippen molar-refractivity contribution < 1.29 is 9.59 Å². The van der Waals surface area contributed by atoms with Crippen molar-refractivity contribution in [3.05, 3.63) is 65.7 Å². The van der Waals surface area contributed by atoms with Crippen LogP contribution in [0.1, 0.15) is 62.5 Å². The summed E-state index contributed by atoms with van der Waals surface area (Å²) in [5, 5.41) is 7.30. The molecule has 0 aliphatic heterocycles. The Kier molecular flexibility index (Phi) is 6.26. The van der Waals surface area contributed by atoms with Crippen LogP contribution in [-0.4, -0.2) is 17.5 Å². The molecule has 2 saturated carbocycles. The standard InChI is InChI=1S/C25H29N3O2/c1-17(27-28-25(30)23-16-22(23)19-8-4-2-5-9-19)18-12-14-21(15-13-18)26-24(29)20-10-6-3-7-11-20/h2,4-5,8-9,12-15,20,22-23H,3,6-7,10-11,16H2,1H3,(H,26,29)(H,28,30). The van der Waals surface area contributed by atoms with Gasteiger partial charge in [-0.1, -0.05) is 61.7 Å². The molecule has 0 radical (unpaired) electrons. The van der Waals surface area contributed by atoms with Gasteiger partial charge in [-0.25, -0.2) is 5.43 Å². The molecule has 0 saturated heterocycles. The second-order valence-corrected chi connectivity index (χ2v) is 8.43. The fourth-order valence-corrected chi connectivity index (χ4v) is 4.24. The molecule has 2 aromatic carbocycles. The summed E-state index contributed by atoms with van der Waals surface area (Å²) in [5.74, 6) is 0.534. The lowest BCUT2D eigenvalue weighted by atomic mass is 9.88. The molecule has 30 heavy (non-hydrogen) atoms. The Balaban J connectivity index is 1.29. The Morgan fingerprint density at radius 2 is 1.60 bits per heavy atom. The number of carbonyl (C=O) groups excluding carboxylic acids is 2. The van der Waals surface area contributed by atoms with Crippen molar-refractivity contribution in [1.82, 2.24) is 5.43 Å². The van der Waals surface area contributed by atoms with E-state index in [4.69, 9.17) is 0 Å². The van der Waals surface area contributed by atoms with E-state index in [-0.39, 0.29) is 23.7 Å². The second kappa shape index (κ2) is 9.24. The van der Waals surface area contributed by atoms with Crippen LogP contribution in [0.25, 0.3) is 0 Å². The third-order valence-electron chi connectivity index (χ3n) is 6.23. The third kappa shape index (κ3) is 4.96. The zero-order valence-corrected chi connectivity index (χ0v) is 17.4. The SMILES string of the molecule is CC(=NNC(=O)C1CC1c1ccccc1)c1ccc(NC(=O)C2CCCCC2)cc1. The smallest absolute Gasteiger partial charge is 0.243 e. The molecule has 2 fully saturated rings. The lowest BCUT2D eigenvalue weighted by Gasteiger charge is -2.20. The minimum atomic E-state index is -0.0282. The zero-order chi connectivity index (χ0) is 20.9. The highest BCUT2D eigenvalue weighted by atomic mass is 16.2. The molecule has 5 heteroatoms. The number of benzene rings is 2. The Morgan fingerprint density at radius 3 is 2.30 bits per heavy atom. The average molecular weight is 404 g/mol. The van der Waals surface area contributed by atoms with Crippen LogP contribution in [0.5, 0.6) is 0 Å². The van der Waals surface area contributed by atoms with Gasteiger partial charge in [-0.05, 0) is 55.4 Å².